The van der Waals surface area contributed by atoms with Crippen molar-refractivity contribution in [2.24, 2.45) is 0 Å². The van der Waals surface area contributed by atoms with Gasteiger partial charge >= 0.3 is 5.97 Å². The zero-order valence-corrected chi connectivity index (χ0v) is 12.3. The lowest BCUT2D eigenvalue weighted by molar-refractivity contribution is -0.161. The number of amides is 1. The fourth-order valence-corrected chi connectivity index (χ4v) is 1.52. The predicted octanol–water partition coefficient (Wildman–Crippen LogP) is 1.60. The van der Waals surface area contributed by atoms with E-state index >= 15 is 0 Å². The van der Waals surface area contributed by atoms with Gasteiger partial charge in [0.1, 0.15) is 12.1 Å². The quantitative estimate of drug-likeness (QED) is 0.652. The fraction of sp³-hybridized carbons (Fsp3) is 0.846. The van der Waals surface area contributed by atoms with Crippen LogP contribution in [-0.2, 0) is 19.1 Å². The predicted molar refractivity (Wildman–Crippen MR) is 69.2 cm³/mol. The largest absolute Gasteiger partial charge is 0.465 e. The number of nitrogens with zero attached hydrogens (tertiary/aromatic N) is 1. The van der Waals surface area contributed by atoms with E-state index in [1.807, 2.05) is 20.8 Å². The molecule has 0 saturated carbocycles. The zero-order valence-electron chi connectivity index (χ0n) is 12.3. The van der Waals surface area contributed by atoms with Gasteiger partial charge in [-0.1, -0.05) is 6.92 Å². The third kappa shape index (κ3) is 4.29. The maximum absolute atomic E-state index is 12.4. The average molecular weight is 259 g/mol. The monoisotopic (exact) mass is 259 g/mol. The van der Waals surface area contributed by atoms with Crippen molar-refractivity contribution in [3.63, 3.8) is 0 Å². The lowest BCUT2D eigenvalue weighted by atomic mass is 10.0. The van der Waals surface area contributed by atoms with E-state index in [-0.39, 0.29) is 18.5 Å². The molecule has 0 aliphatic rings. The molecule has 0 rings (SSSR count). The van der Waals surface area contributed by atoms with E-state index in [4.69, 9.17) is 9.47 Å². The molecule has 18 heavy (non-hydrogen) atoms. The first-order valence-electron chi connectivity index (χ1n) is 6.34. The highest BCUT2D eigenvalue weighted by molar-refractivity contribution is 5.88. The molecule has 0 N–H and O–H groups in total. The first kappa shape index (κ1) is 16.9. The molecule has 0 aliphatic heterocycles. The smallest absolute Gasteiger partial charge is 0.325 e. The molecule has 5 nitrogen and oxygen atoms in total. The second kappa shape index (κ2) is 7.36. The number of hydrogen-bond donors (Lipinski definition) is 0. The van der Waals surface area contributed by atoms with Gasteiger partial charge in [0.15, 0.2) is 0 Å². The second-order valence-corrected chi connectivity index (χ2v) is 4.62. The van der Waals surface area contributed by atoms with E-state index in [1.54, 1.807) is 13.8 Å². The maximum Gasteiger partial charge on any atom is 0.325 e. The molecule has 1 unspecified atom stereocenters. The van der Waals surface area contributed by atoms with Crippen molar-refractivity contribution in [2.75, 3.05) is 20.3 Å². The summed E-state index contributed by atoms with van der Waals surface area (Å²) in [6, 6.07) is -0.0806. The minimum Gasteiger partial charge on any atom is -0.465 e. The Hall–Kier alpha value is -1.10. The van der Waals surface area contributed by atoms with Crippen LogP contribution in [-0.4, -0.2) is 48.7 Å². The number of esters is 1. The summed E-state index contributed by atoms with van der Waals surface area (Å²) in [5.74, 6) is -0.579. The number of methoxy groups -OCH3 is 1. The maximum atomic E-state index is 12.4. The molecule has 5 heteroatoms. The molecule has 0 spiro atoms. The Morgan fingerprint density at radius 2 is 1.83 bits per heavy atom. The number of ether oxygens (including phenoxy) is 2. The second-order valence-electron chi connectivity index (χ2n) is 4.62. The van der Waals surface area contributed by atoms with Crippen molar-refractivity contribution in [1.29, 1.82) is 0 Å². The summed E-state index contributed by atoms with van der Waals surface area (Å²) in [5.41, 5.74) is -0.892. The number of hydrogen-bond acceptors (Lipinski definition) is 4. The zero-order chi connectivity index (χ0) is 14.3. The van der Waals surface area contributed by atoms with Crippen LogP contribution >= 0.6 is 0 Å². The highest BCUT2D eigenvalue weighted by atomic mass is 16.5. The summed E-state index contributed by atoms with van der Waals surface area (Å²) in [4.78, 5) is 25.4. The minimum atomic E-state index is -0.892. The van der Waals surface area contributed by atoms with Crippen molar-refractivity contribution >= 4 is 11.9 Å². The van der Waals surface area contributed by atoms with Crippen LogP contribution in [0.25, 0.3) is 0 Å². The van der Waals surface area contributed by atoms with Crippen LogP contribution in [0.3, 0.4) is 0 Å². The van der Waals surface area contributed by atoms with E-state index in [1.165, 1.54) is 12.0 Å². The summed E-state index contributed by atoms with van der Waals surface area (Å²) in [6.45, 7) is 9.36. The Morgan fingerprint density at radius 3 is 2.17 bits per heavy atom. The molecule has 0 radical (unpaired) electrons. The third-order valence-corrected chi connectivity index (χ3v) is 3.07. The van der Waals surface area contributed by atoms with Crippen LogP contribution in [0.1, 0.15) is 41.0 Å². The Morgan fingerprint density at radius 1 is 1.28 bits per heavy atom. The summed E-state index contributed by atoms with van der Waals surface area (Å²) in [7, 11) is 1.50. The lowest BCUT2D eigenvalue weighted by Gasteiger charge is -2.34. The molecule has 0 saturated heterocycles. The van der Waals surface area contributed by atoms with E-state index < -0.39 is 11.6 Å². The van der Waals surface area contributed by atoms with Gasteiger partial charge in [0, 0.05) is 13.2 Å². The molecule has 1 atom stereocenters. The van der Waals surface area contributed by atoms with Crippen LogP contribution in [0.15, 0.2) is 0 Å². The number of carbonyl (C=O) groups is 2. The van der Waals surface area contributed by atoms with Gasteiger partial charge in [-0.25, -0.2) is 0 Å². The average Bonchev–Trinajstić information content (AvgIpc) is 2.34. The van der Waals surface area contributed by atoms with Crippen molar-refractivity contribution in [2.45, 2.75) is 52.7 Å². The molecule has 0 bridgehead atoms. The Bertz CT molecular complexity index is 285. The van der Waals surface area contributed by atoms with Crippen LogP contribution in [0.2, 0.25) is 0 Å². The molecule has 106 valence electrons. The molecule has 0 aromatic heterocycles. The van der Waals surface area contributed by atoms with Crippen molar-refractivity contribution in [3.8, 4) is 0 Å². The van der Waals surface area contributed by atoms with Gasteiger partial charge in [0.05, 0.1) is 6.61 Å². The summed E-state index contributed by atoms with van der Waals surface area (Å²) in [6.07, 6.45) is 0.550. The topological polar surface area (TPSA) is 55.8 Å². The Kier molecular flexibility index (Phi) is 6.91. The normalized spacial score (nSPS) is 14.2. The van der Waals surface area contributed by atoms with Gasteiger partial charge in [-0.05, 0) is 34.1 Å². The summed E-state index contributed by atoms with van der Waals surface area (Å²) >= 11 is 0. The molecular weight excluding hydrogens is 234 g/mol. The van der Waals surface area contributed by atoms with Gasteiger partial charge in [-0.2, -0.15) is 0 Å². The van der Waals surface area contributed by atoms with Gasteiger partial charge in [0.2, 0.25) is 0 Å². The minimum absolute atomic E-state index is 0.0384. The molecule has 1 amide bonds. The van der Waals surface area contributed by atoms with E-state index in [9.17, 15) is 9.59 Å². The van der Waals surface area contributed by atoms with Crippen molar-refractivity contribution in [3.05, 3.63) is 0 Å². The third-order valence-electron chi connectivity index (χ3n) is 3.07. The standard InChI is InChI=1S/C13H25NO4/c1-7-13(5,17-6)12(16)14(10(3)4)9-11(15)18-8-2/h10H,7-9H2,1-6H3. The molecule has 0 aromatic rings. The summed E-state index contributed by atoms with van der Waals surface area (Å²) < 4.78 is 10.2. The SMILES string of the molecule is CCOC(=O)CN(C(=O)C(C)(CC)OC)C(C)C. The molecular formula is C13H25NO4. The number of carbonyl (C=O) groups excluding carboxylic acids is 2. The molecule has 0 heterocycles. The van der Waals surface area contributed by atoms with E-state index in [0.717, 1.165) is 0 Å². The number of rotatable bonds is 7. The Labute approximate surface area is 109 Å². The summed E-state index contributed by atoms with van der Waals surface area (Å²) in [5, 5.41) is 0. The van der Waals surface area contributed by atoms with Gasteiger partial charge < -0.3 is 14.4 Å². The molecule has 0 aliphatic carbocycles. The van der Waals surface area contributed by atoms with E-state index in [2.05, 4.69) is 0 Å². The first-order chi connectivity index (χ1) is 8.32. The van der Waals surface area contributed by atoms with Gasteiger partial charge in [-0.15, -0.1) is 0 Å². The van der Waals surface area contributed by atoms with Crippen LogP contribution in [0.4, 0.5) is 0 Å². The lowest BCUT2D eigenvalue weighted by Crippen LogP contribution is -2.52. The fourth-order valence-electron chi connectivity index (χ4n) is 1.52. The van der Waals surface area contributed by atoms with E-state index in [0.29, 0.717) is 13.0 Å². The van der Waals surface area contributed by atoms with Gasteiger partial charge in [-0.3, -0.25) is 9.59 Å². The van der Waals surface area contributed by atoms with Gasteiger partial charge in [0.25, 0.3) is 5.91 Å². The van der Waals surface area contributed by atoms with Crippen LogP contribution in [0, 0.1) is 0 Å². The highest BCUT2D eigenvalue weighted by Gasteiger charge is 2.37. The van der Waals surface area contributed by atoms with Crippen molar-refractivity contribution < 1.29 is 19.1 Å². The Balaban J connectivity index is 4.90. The highest BCUT2D eigenvalue weighted by Crippen LogP contribution is 2.19. The molecule has 0 aromatic carbocycles. The molecule has 0 fully saturated rings. The van der Waals surface area contributed by atoms with Crippen LogP contribution in [0.5, 0.6) is 0 Å². The van der Waals surface area contributed by atoms with Crippen LogP contribution < -0.4 is 0 Å². The first-order valence-corrected chi connectivity index (χ1v) is 6.34. The van der Waals surface area contributed by atoms with Crippen molar-refractivity contribution in [1.82, 2.24) is 4.90 Å².